The van der Waals surface area contributed by atoms with E-state index in [9.17, 15) is 13.2 Å². The molecule has 2 nitrogen and oxygen atoms in total. The summed E-state index contributed by atoms with van der Waals surface area (Å²) in [4.78, 5) is 0. The second kappa shape index (κ2) is 6.37. The number of hydrogen-bond acceptors (Lipinski definition) is 2. The molecule has 0 spiro atoms. The van der Waals surface area contributed by atoms with Crippen LogP contribution >= 0.6 is 0 Å². The van der Waals surface area contributed by atoms with Gasteiger partial charge in [-0.1, -0.05) is 32.6 Å². The third kappa shape index (κ3) is 4.05. The van der Waals surface area contributed by atoms with Crippen LogP contribution in [0, 0.1) is 0 Å². The molecular formula is C15H20F3NO. The van der Waals surface area contributed by atoms with E-state index in [1.165, 1.54) is 31.4 Å². The summed E-state index contributed by atoms with van der Waals surface area (Å²) >= 11 is 0. The Morgan fingerprint density at radius 1 is 1.25 bits per heavy atom. The highest BCUT2D eigenvalue weighted by Gasteiger charge is 2.32. The Labute approximate surface area is 117 Å². The highest BCUT2D eigenvalue weighted by Crippen LogP contribution is 2.38. The van der Waals surface area contributed by atoms with Crippen molar-refractivity contribution in [1.29, 1.82) is 0 Å². The lowest BCUT2D eigenvalue weighted by molar-refractivity contribution is -0.274. The van der Waals surface area contributed by atoms with E-state index in [1.807, 2.05) is 0 Å². The fraction of sp³-hybridized carbons (Fsp3) is 0.600. The summed E-state index contributed by atoms with van der Waals surface area (Å²) in [6.07, 6.45) is 1.07. The molecule has 1 aromatic rings. The maximum atomic E-state index is 12.2. The number of fused-ring (bicyclic) bond motifs is 1. The Hall–Kier alpha value is -1.39. The van der Waals surface area contributed by atoms with Crippen LogP contribution in [0.4, 0.5) is 18.9 Å². The van der Waals surface area contributed by atoms with Gasteiger partial charge in [-0.05, 0) is 30.2 Å². The quantitative estimate of drug-likeness (QED) is 0.738. The number of nitrogens with one attached hydrogen (secondary N) is 1. The lowest BCUT2D eigenvalue weighted by Gasteiger charge is -2.13. The zero-order valence-corrected chi connectivity index (χ0v) is 11.6. The number of halogens is 3. The maximum absolute atomic E-state index is 12.2. The average Bonchev–Trinajstić information content (AvgIpc) is 2.75. The molecule has 0 aromatic heterocycles. The van der Waals surface area contributed by atoms with Gasteiger partial charge in [-0.15, -0.1) is 13.2 Å². The molecule has 0 amide bonds. The van der Waals surface area contributed by atoms with Crippen LogP contribution < -0.4 is 10.1 Å². The Bertz CT molecular complexity index is 445. The van der Waals surface area contributed by atoms with E-state index in [1.54, 1.807) is 6.07 Å². The first kappa shape index (κ1) is 15.0. The summed E-state index contributed by atoms with van der Waals surface area (Å²) in [5.74, 6) is 0.164. The average molecular weight is 287 g/mol. The molecule has 1 atom stereocenters. The molecule has 1 aliphatic heterocycles. The van der Waals surface area contributed by atoms with Gasteiger partial charge in [0.05, 0.1) is 0 Å². The van der Waals surface area contributed by atoms with E-state index in [2.05, 4.69) is 17.0 Å². The third-order valence-corrected chi connectivity index (χ3v) is 3.64. The topological polar surface area (TPSA) is 21.3 Å². The van der Waals surface area contributed by atoms with Crippen LogP contribution in [0.25, 0.3) is 0 Å². The standard InChI is InChI=1S/C15H20F3NO/c1-2-3-4-5-6-11-10-19-14-8-7-12(9-13(11)14)20-15(16,17)18/h7-9,11,19H,2-6,10H2,1H3. The summed E-state index contributed by atoms with van der Waals surface area (Å²) in [7, 11) is 0. The molecule has 1 N–H and O–H groups in total. The molecule has 0 fully saturated rings. The lowest BCUT2D eigenvalue weighted by atomic mass is 9.95. The molecule has 0 aliphatic carbocycles. The number of benzene rings is 1. The summed E-state index contributed by atoms with van der Waals surface area (Å²) in [6, 6.07) is 4.55. The van der Waals surface area contributed by atoms with Crippen molar-refractivity contribution in [2.45, 2.75) is 51.3 Å². The fourth-order valence-electron chi connectivity index (χ4n) is 2.65. The van der Waals surface area contributed by atoms with Crippen LogP contribution in [0.15, 0.2) is 18.2 Å². The SMILES string of the molecule is CCCCCCC1CNc2ccc(OC(F)(F)F)cc21. The number of rotatable bonds is 6. The normalized spacial score (nSPS) is 17.7. The van der Waals surface area contributed by atoms with Crippen LogP contribution in [-0.4, -0.2) is 12.9 Å². The van der Waals surface area contributed by atoms with Gasteiger partial charge in [0.15, 0.2) is 0 Å². The Morgan fingerprint density at radius 3 is 2.75 bits per heavy atom. The second-order valence-corrected chi connectivity index (χ2v) is 5.22. The van der Waals surface area contributed by atoms with Crippen LogP contribution in [0.1, 0.15) is 50.5 Å². The van der Waals surface area contributed by atoms with E-state index >= 15 is 0 Å². The predicted octanol–water partition coefficient (Wildman–Crippen LogP) is 5.06. The van der Waals surface area contributed by atoms with Gasteiger partial charge in [0.2, 0.25) is 0 Å². The van der Waals surface area contributed by atoms with Crippen LogP contribution in [0.5, 0.6) is 5.75 Å². The first-order valence-electron chi connectivity index (χ1n) is 7.13. The summed E-state index contributed by atoms with van der Waals surface area (Å²) in [6.45, 7) is 2.96. The molecule has 1 aromatic carbocycles. The molecule has 112 valence electrons. The number of anilines is 1. The van der Waals surface area contributed by atoms with Crippen molar-refractivity contribution in [3.05, 3.63) is 23.8 Å². The predicted molar refractivity (Wildman–Crippen MR) is 73.1 cm³/mol. The van der Waals surface area contributed by atoms with Gasteiger partial charge < -0.3 is 10.1 Å². The van der Waals surface area contributed by atoms with Gasteiger partial charge in [-0.2, -0.15) is 0 Å². The first-order chi connectivity index (χ1) is 9.49. The van der Waals surface area contributed by atoms with Gasteiger partial charge in [-0.3, -0.25) is 0 Å². The molecule has 20 heavy (non-hydrogen) atoms. The van der Waals surface area contributed by atoms with Crippen molar-refractivity contribution in [3.8, 4) is 5.75 Å². The molecule has 0 saturated heterocycles. The van der Waals surface area contributed by atoms with Gasteiger partial charge in [0.1, 0.15) is 5.75 Å². The largest absolute Gasteiger partial charge is 0.573 e. The number of alkyl halides is 3. The number of ether oxygens (including phenoxy) is 1. The van der Waals surface area contributed by atoms with Gasteiger partial charge in [0.25, 0.3) is 0 Å². The molecule has 1 unspecified atom stereocenters. The molecule has 0 radical (unpaired) electrons. The van der Waals surface area contributed by atoms with Crippen molar-refractivity contribution in [3.63, 3.8) is 0 Å². The summed E-state index contributed by atoms with van der Waals surface area (Å²) < 4.78 is 40.7. The van der Waals surface area contributed by atoms with E-state index in [-0.39, 0.29) is 5.75 Å². The van der Waals surface area contributed by atoms with Crippen LogP contribution in [0.2, 0.25) is 0 Å². The highest BCUT2D eigenvalue weighted by molar-refractivity contribution is 5.60. The van der Waals surface area contributed by atoms with Crippen molar-refractivity contribution in [2.24, 2.45) is 0 Å². The van der Waals surface area contributed by atoms with Crippen molar-refractivity contribution in [2.75, 3.05) is 11.9 Å². The Morgan fingerprint density at radius 2 is 2.05 bits per heavy atom. The molecular weight excluding hydrogens is 267 g/mol. The minimum Gasteiger partial charge on any atom is -0.406 e. The van der Waals surface area contributed by atoms with E-state index < -0.39 is 6.36 Å². The monoisotopic (exact) mass is 287 g/mol. The van der Waals surface area contributed by atoms with Crippen molar-refractivity contribution in [1.82, 2.24) is 0 Å². The Balaban J connectivity index is 2.00. The third-order valence-electron chi connectivity index (χ3n) is 3.64. The zero-order chi connectivity index (χ0) is 14.6. The molecule has 0 saturated carbocycles. The minimum absolute atomic E-state index is 0.126. The zero-order valence-electron chi connectivity index (χ0n) is 11.6. The summed E-state index contributed by atoms with van der Waals surface area (Å²) in [5, 5.41) is 3.24. The smallest absolute Gasteiger partial charge is 0.406 e. The lowest BCUT2D eigenvalue weighted by Crippen LogP contribution is -2.17. The van der Waals surface area contributed by atoms with Crippen molar-refractivity contribution < 1.29 is 17.9 Å². The Kier molecular flexibility index (Phi) is 4.78. The maximum Gasteiger partial charge on any atom is 0.573 e. The summed E-state index contributed by atoms with van der Waals surface area (Å²) in [5.41, 5.74) is 1.88. The van der Waals surface area contributed by atoms with Gasteiger partial charge >= 0.3 is 6.36 Å². The fourth-order valence-corrected chi connectivity index (χ4v) is 2.65. The van der Waals surface area contributed by atoms with Gasteiger partial charge in [0, 0.05) is 18.2 Å². The van der Waals surface area contributed by atoms with E-state index in [0.29, 0.717) is 5.92 Å². The second-order valence-electron chi connectivity index (χ2n) is 5.22. The minimum atomic E-state index is -4.63. The van der Waals surface area contributed by atoms with E-state index in [4.69, 9.17) is 0 Å². The van der Waals surface area contributed by atoms with Crippen molar-refractivity contribution >= 4 is 5.69 Å². The first-order valence-corrected chi connectivity index (χ1v) is 7.13. The van der Waals surface area contributed by atoms with Crippen LogP contribution in [-0.2, 0) is 0 Å². The number of hydrogen-bond donors (Lipinski definition) is 1. The molecule has 0 bridgehead atoms. The number of unbranched alkanes of at least 4 members (excludes halogenated alkanes) is 3. The highest BCUT2D eigenvalue weighted by atomic mass is 19.4. The molecule has 1 aliphatic rings. The molecule has 1 heterocycles. The molecule has 2 rings (SSSR count). The molecule has 5 heteroatoms. The van der Waals surface area contributed by atoms with Crippen LogP contribution in [0.3, 0.4) is 0 Å². The van der Waals surface area contributed by atoms with Gasteiger partial charge in [-0.25, -0.2) is 0 Å². The van der Waals surface area contributed by atoms with E-state index in [0.717, 1.165) is 30.6 Å².